The molecule has 0 saturated carbocycles. The Labute approximate surface area is 102 Å². The van der Waals surface area contributed by atoms with Crippen LogP contribution >= 0.6 is 22.6 Å². The van der Waals surface area contributed by atoms with Crippen molar-refractivity contribution in [1.82, 2.24) is 0 Å². The van der Waals surface area contributed by atoms with Crippen molar-refractivity contribution in [2.75, 3.05) is 6.61 Å². The highest BCUT2D eigenvalue weighted by Gasteiger charge is 2.08. The van der Waals surface area contributed by atoms with Crippen molar-refractivity contribution in [2.45, 2.75) is 6.92 Å². The molecule has 2 rings (SSSR count). The lowest BCUT2D eigenvalue weighted by Crippen LogP contribution is -1.93. The Kier molecular flexibility index (Phi) is 3.30. The Morgan fingerprint density at radius 3 is 2.87 bits per heavy atom. The number of furan rings is 1. The van der Waals surface area contributed by atoms with Gasteiger partial charge in [-0.1, -0.05) is 0 Å². The van der Waals surface area contributed by atoms with Crippen molar-refractivity contribution in [3.8, 4) is 17.1 Å². The van der Waals surface area contributed by atoms with Gasteiger partial charge in [0.05, 0.1) is 18.4 Å². The summed E-state index contributed by atoms with van der Waals surface area (Å²) in [6.45, 7) is 2.64. The van der Waals surface area contributed by atoms with Crippen LogP contribution in [0.2, 0.25) is 0 Å². The van der Waals surface area contributed by atoms with Gasteiger partial charge in [-0.15, -0.1) is 0 Å². The summed E-state index contributed by atoms with van der Waals surface area (Å²) >= 11 is 2.28. The van der Waals surface area contributed by atoms with Crippen LogP contribution in [0.15, 0.2) is 41.0 Å². The molecule has 0 radical (unpaired) electrons. The lowest BCUT2D eigenvalue weighted by atomic mass is 10.1. The molecule has 3 heteroatoms. The maximum absolute atomic E-state index is 5.55. The highest BCUT2D eigenvalue weighted by Crippen LogP contribution is 2.31. The molecule has 0 saturated heterocycles. The van der Waals surface area contributed by atoms with Gasteiger partial charge in [-0.2, -0.15) is 0 Å². The maximum atomic E-state index is 5.55. The first-order chi connectivity index (χ1) is 7.31. The van der Waals surface area contributed by atoms with Crippen LogP contribution < -0.4 is 4.74 Å². The molecule has 0 spiro atoms. The zero-order valence-corrected chi connectivity index (χ0v) is 10.5. The Morgan fingerprint density at radius 2 is 2.20 bits per heavy atom. The molecule has 0 aliphatic rings. The van der Waals surface area contributed by atoms with Gasteiger partial charge in [0.25, 0.3) is 0 Å². The van der Waals surface area contributed by atoms with Crippen LogP contribution in [0, 0.1) is 3.57 Å². The monoisotopic (exact) mass is 314 g/mol. The largest absolute Gasteiger partial charge is 0.493 e. The molecular formula is C12H11IO2. The fourth-order valence-electron chi connectivity index (χ4n) is 1.41. The van der Waals surface area contributed by atoms with E-state index >= 15 is 0 Å². The first kappa shape index (κ1) is 10.5. The molecule has 0 amide bonds. The van der Waals surface area contributed by atoms with Gasteiger partial charge >= 0.3 is 0 Å². The van der Waals surface area contributed by atoms with Crippen molar-refractivity contribution >= 4 is 22.6 Å². The first-order valence-corrected chi connectivity index (χ1v) is 5.85. The number of hydrogen-bond donors (Lipinski definition) is 0. The van der Waals surface area contributed by atoms with Gasteiger partial charge in [0.15, 0.2) is 0 Å². The molecule has 15 heavy (non-hydrogen) atoms. The zero-order valence-electron chi connectivity index (χ0n) is 8.37. The number of ether oxygens (including phenoxy) is 1. The van der Waals surface area contributed by atoms with Gasteiger partial charge in [-0.05, 0) is 59.8 Å². The third-order valence-electron chi connectivity index (χ3n) is 2.03. The Hall–Kier alpha value is -0.970. The van der Waals surface area contributed by atoms with E-state index in [0.717, 1.165) is 17.1 Å². The molecule has 0 aliphatic heterocycles. The fraction of sp³-hybridized carbons (Fsp3) is 0.167. The molecule has 78 valence electrons. The van der Waals surface area contributed by atoms with Gasteiger partial charge < -0.3 is 9.15 Å². The summed E-state index contributed by atoms with van der Waals surface area (Å²) in [4.78, 5) is 0. The second-order valence-electron chi connectivity index (χ2n) is 3.05. The third kappa shape index (κ3) is 2.34. The van der Waals surface area contributed by atoms with E-state index in [1.807, 2.05) is 31.2 Å². The van der Waals surface area contributed by atoms with Crippen molar-refractivity contribution in [1.29, 1.82) is 0 Å². The summed E-state index contributed by atoms with van der Waals surface area (Å²) in [6.07, 6.45) is 1.67. The van der Waals surface area contributed by atoms with Crippen LogP contribution in [-0.2, 0) is 0 Å². The molecule has 0 aliphatic carbocycles. The minimum atomic E-state index is 0.661. The molecule has 0 bridgehead atoms. The SMILES string of the molecule is CCOc1ccc(I)cc1-c1ccco1. The lowest BCUT2D eigenvalue weighted by Gasteiger charge is -2.08. The molecule has 0 atom stereocenters. The molecule has 1 aromatic carbocycles. The van der Waals surface area contributed by atoms with Crippen LogP contribution in [-0.4, -0.2) is 6.61 Å². The highest BCUT2D eigenvalue weighted by molar-refractivity contribution is 14.1. The van der Waals surface area contributed by atoms with Crippen LogP contribution in [0.1, 0.15) is 6.92 Å². The quantitative estimate of drug-likeness (QED) is 0.801. The van der Waals surface area contributed by atoms with Crippen LogP contribution in [0.5, 0.6) is 5.75 Å². The van der Waals surface area contributed by atoms with Crippen molar-refractivity contribution < 1.29 is 9.15 Å². The van der Waals surface area contributed by atoms with Gasteiger partial charge in [0.1, 0.15) is 11.5 Å². The Balaban J connectivity index is 2.47. The smallest absolute Gasteiger partial charge is 0.137 e. The Bertz CT molecular complexity index is 435. The van der Waals surface area contributed by atoms with Gasteiger partial charge in [-0.3, -0.25) is 0 Å². The predicted molar refractivity (Wildman–Crippen MR) is 68.0 cm³/mol. The van der Waals surface area contributed by atoms with Crippen LogP contribution in [0.4, 0.5) is 0 Å². The molecule has 2 aromatic rings. The van der Waals surface area contributed by atoms with E-state index in [4.69, 9.17) is 9.15 Å². The molecule has 0 N–H and O–H groups in total. The number of rotatable bonds is 3. The second kappa shape index (κ2) is 4.70. The fourth-order valence-corrected chi connectivity index (χ4v) is 1.90. The third-order valence-corrected chi connectivity index (χ3v) is 2.70. The van der Waals surface area contributed by atoms with E-state index in [2.05, 4.69) is 28.7 Å². The molecule has 0 fully saturated rings. The van der Waals surface area contributed by atoms with Crippen molar-refractivity contribution in [2.24, 2.45) is 0 Å². The summed E-state index contributed by atoms with van der Waals surface area (Å²) in [6, 6.07) is 9.88. The van der Waals surface area contributed by atoms with E-state index in [-0.39, 0.29) is 0 Å². The topological polar surface area (TPSA) is 22.4 Å². The van der Waals surface area contributed by atoms with Crippen molar-refractivity contribution in [3.63, 3.8) is 0 Å². The first-order valence-electron chi connectivity index (χ1n) is 4.77. The number of halogens is 1. The lowest BCUT2D eigenvalue weighted by molar-refractivity contribution is 0.340. The van der Waals surface area contributed by atoms with Crippen molar-refractivity contribution in [3.05, 3.63) is 40.2 Å². The molecule has 2 nitrogen and oxygen atoms in total. The van der Waals surface area contributed by atoms with E-state index < -0.39 is 0 Å². The van der Waals surface area contributed by atoms with E-state index in [9.17, 15) is 0 Å². The summed E-state index contributed by atoms with van der Waals surface area (Å²) in [5.41, 5.74) is 1.01. The van der Waals surface area contributed by atoms with Crippen LogP contribution in [0.25, 0.3) is 11.3 Å². The molecule has 1 aromatic heterocycles. The number of benzene rings is 1. The summed E-state index contributed by atoms with van der Waals surface area (Å²) < 4.78 is 12.1. The maximum Gasteiger partial charge on any atom is 0.137 e. The van der Waals surface area contributed by atoms with E-state index in [1.165, 1.54) is 3.57 Å². The van der Waals surface area contributed by atoms with E-state index in [1.54, 1.807) is 6.26 Å². The minimum Gasteiger partial charge on any atom is -0.493 e. The average molecular weight is 314 g/mol. The van der Waals surface area contributed by atoms with Gasteiger partial charge in [0.2, 0.25) is 0 Å². The standard InChI is InChI=1S/C12H11IO2/c1-2-14-12-6-5-9(13)8-10(12)11-4-3-7-15-11/h3-8H,2H2,1H3. The van der Waals surface area contributed by atoms with Gasteiger partial charge in [0, 0.05) is 3.57 Å². The second-order valence-corrected chi connectivity index (χ2v) is 4.30. The molecule has 0 unspecified atom stereocenters. The van der Waals surface area contributed by atoms with E-state index in [0.29, 0.717) is 6.61 Å². The average Bonchev–Trinajstić information content (AvgIpc) is 2.74. The molecular weight excluding hydrogens is 303 g/mol. The summed E-state index contributed by atoms with van der Waals surface area (Å²) in [5, 5.41) is 0. The van der Waals surface area contributed by atoms with Crippen LogP contribution in [0.3, 0.4) is 0 Å². The van der Waals surface area contributed by atoms with Gasteiger partial charge in [-0.25, -0.2) is 0 Å². The predicted octanol–water partition coefficient (Wildman–Crippen LogP) is 3.95. The summed E-state index contributed by atoms with van der Waals surface area (Å²) in [7, 11) is 0. The molecule has 1 heterocycles. The minimum absolute atomic E-state index is 0.661. The Morgan fingerprint density at radius 1 is 1.33 bits per heavy atom. The summed E-state index contributed by atoms with van der Waals surface area (Å²) in [5.74, 6) is 1.71. The zero-order chi connectivity index (χ0) is 10.7. The normalized spacial score (nSPS) is 10.3. The highest BCUT2D eigenvalue weighted by atomic mass is 127. The number of hydrogen-bond acceptors (Lipinski definition) is 2.